The second-order valence-electron chi connectivity index (χ2n) is 3.95. The molecule has 1 aromatic rings. The molecule has 1 heterocycles. The molecule has 2 N–H and O–H groups in total. The van der Waals surface area contributed by atoms with Gasteiger partial charge in [0.1, 0.15) is 25.3 Å². The zero-order valence-corrected chi connectivity index (χ0v) is 9.22. The molecule has 1 fully saturated rings. The van der Waals surface area contributed by atoms with Crippen LogP contribution in [0.4, 0.5) is 0 Å². The highest BCUT2D eigenvalue weighted by Gasteiger charge is 2.17. The number of quaternary nitrogens is 1. The molecule has 0 atom stereocenters. The molecule has 0 saturated carbocycles. The average molecular weight is 221 g/mol. The summed E-state index contributed by atoms with van der Waals surface area (Å²) >= 11 is 0. The lowest BCUT2D eigenvalue weighted by atomic mass is 10.1. The molecule has 16 heavy (non-hydrogen) atoms. The molecule has 4 heteroatoms. The van der Waals surface area contributed by atoms with Crippen LogP contribution in [0.1, 0.15) is 5.56 Å². The van der Waals surface area contributed by atoms with Crippen molar-refractivity contribution in [1.82, 2.24) is 0 Å². The van der Waals surface area contributed by atoms with Crippen LogP contribution < -0.4 is 4.90 Å². The lowest BCUT2D eigenvalue weighted by Crippen LogP contribution is -3.14. The highest BCUT2D eigenvalue weighted by molar-refractivity contribution is 6.00. The molecule has 0 bridgehead atoms. The summed E-state index contributed by atoms with van der Waals surface area (Å²) in [5.41, 5.74) is 1.74. The molecule has 1 saturated heterocycles. The second-order valence-corrected chi connectivity index (χ2v) is 3.95. The molecule has 1 aliphatic heterocycles. The SMILES string of the molecule is O/N=C(\C[NH+]1CCOCC1)c1ccccc1. The van der Waals surface area contributed by atoms with Crippen molar-refractivity contribution in [2.24, 2.45) is 5.16 Å². The molecule has 1 aliphatic rings. The van der Waals surface area contributed by atoms with E-state index in [1.54, 1.807) is 0 Å². The van der Waals surface area contributed by atoms with Gasteiger partial charge in [-0.2, -0.15) is 0 Å². The molecular formula is C12H17N2O2+. The minimum Gasteiger partial charge on any atom is -0.410 e. The molecule has 2 rings (SSSR count). The topological polar surface area (TPSA) is 46.3 Å². The van der Waals surface area contributed by atoms with Gasteiger partial charge in [-0.05, 0) is 0 Å². The number of ether oxygens (including phenoxy) is 1. The average Bonchev–Trinajstić information content (AvgIpc) is 2.38. The Morgan fingerprint density at radius 1 is 1.25 bits per heavy atom. The molecule has 0 spiro atoms. The standard InChI is InChI=1S/C12H16N2O2/c15-13-12(11-4-2-1-3-5-11)10-14-6-8-16-9-7-14/h1-5,15H,6-10H2/p+1/b13-12+. The molecule has 0 unspecified atom stereocenters. The van der Waals surface area contributed by atoms with Crippen LogP contribution in [-0.4, -0.2) is 43.8 Å². The van der Waals surface area contributed by atoms with E-state index in [0.29, 0.717) is 0 Å². The smallest absolute Gasteiger partial charge is 0.141 e. The minimum absolute atomic E-state index is 0.748. The van der Waals surface area contributed by atoms with E-state index in [1.165, 1.54) is 4.90 Å². The monoisotopic (exact) mass is 221 g/mol. The van der Waals surface area contributed by atoms with E-state index in [9.17, 15) is 0 Å². The van der Waals surface area contributed by atoms with Crippen molar-refractivity contribution in [3.8, 4) is 0 Å². The van der Waals surface area contributed by atoms with Gasteiger partial charge in [0.25, 0.3) is 0 Å². The van der Waals surface area contributed by atoms with Crippen molar-refractivity contribution in [3.05, 3.63) is 35.9 Å². The number of oxime groups is 1. The predicted molar refractivity (Wildman–Crippen MR) is 61.1 cm³/mol. The van der Waals surface area contributed by atoms with Gasteiger partial charge >= 0.3 is 0 Å². The largest absolute Gasteiger partial charge is 0.410 e. The minimum atomic E-state index is 0.748. The van der Waals surface area contributed by atoms with Gasteiger partial charge in [-0.3, -0.25) is 0 Å². The lowest BCUT2D eigenvalue weighted by Gasteiger charge is -2.23. The van der Waals surface area contributed by atoms with E-state index in [0.717, 1.165) is 44.1 Å². The van der Waals surface area contributed by atoms with Gasteiger partial charge in [0, 0.05) is 5.56 Å². The molecule has 0 aromatic heterocycles. The van der Waals surface area contributed by atoms with Gasteiger partial charge in [0.15, 0.2) is 0 Å². The van der Waals surface area contributed by atoms with Crippen LogP contribution >= 0.6 is 0 Å². The zero-order valence-electron chi connectivity index (χ0n) is 9.22. The van der Waals surface area contributed by atoms with Crippen LogP contribution in [0.2, 0.25) is 0 Å². The van der Waals surface area contributed by atoms with Crippen molar-refractivity contribution in [2.75, 3.05) is 32.8 Å². The summed E-state index contributed by atoms with van der Waals surface area (Å²) in [6.45, 7) is 4.30. The fraction of sp³-hybridized carbons (Fsp3) is 0.417. The Morgan fingerprint density at radius 3 is 2.56 bits per heavy atom. The first-order valence-corrected chi connectivity index (χ1v) is 5.58. The van der Waals surface area contributed by atoms with Crippen LogP contribution in [0.5, 0.6) is 0 Å². The van der Waals surface area contributed by atoms with Crippen molar-refractivity contribution in [2.45, 2.75) is 0 Å². The summed E-state index contributed by atoms with van der Waals surface area (Å²) in [6.07, 6.45) is 0. The van der Waals surface area contributed by atoms with E-state index < -0.39 is 0 Å². The molecule has 0 radical (unpaired) electrons. The summed E-state index contributed by atoms with van der Waals surface area (Å²) in [7, 11) is 0. The van der Waals surface area contributed by atoms with Crippen molar-refractivity contribution >= 4 is 5.71 Å². The van der Waals surface area contributed by atoms with Crippen LogP contribution in [0, 0.1) is 0 Å². The van der Waals surface area contributed by atoms with Gasteiger partial charge in [-0.15, -0.1) is 0 Å². The maximum absolute atomic E-state index is 9.05. The number of hydrogen-bond acceptors (Lipinski definition) is 3. The number of morpholine rings is 1. The first-order valence-electron chi connectivity index (χ1n) is 5.58. The molecular weight excluding hydrogens is 204 g/mol. The van der Waals surface area contributed by atoms with Crippen LogP contribution in [0.3, 0.4) is 0 Å². The summed E-state index contributed by atoms with van der Waals surface area (Å²) in [5.74, 6) is 0. The van der Waals surface area contributed by atoms with Gasteiger partial charge in [0.2, 0.25) is 0 Å². The Labute approximate surface area is 95.1 Å². The molecule has 1 aromatic carbocycles. The highest BCUT2D eigenvalue weighted by Crippen LogP contribution is 1.99. The summed E-state index contributed by atoms with van der Waals surface area (Å²) < 4.78 is 5.30. The van der Waals surface area contributed by atoms with Gasteiger partial charge in [-0.25, -0.2) is 0 Å². The summed E-state index contributed by atoms with van der Waals surface area (Å²) in [5, 5.41) is 12.5. The third kappa shape index (κ3) is 2.81. The maximum atomic E-state index is 9.05. The number of rotatable bonds is 3. The normalized spacial score (nSPS) is 18.6. The summed E-state index contributed by atoms with van der Waals surface area (Å²) in [6, 6.07) is 9.80. The zero-order chi connectivity index (χ0) is 11.2. The number of nitrogens with one attached hydrogen (secondary N) is 1. The Kier molecular flexibility index (Phi) is 3.91. The predicted octanol–water partition coefficient (Wildman–Crippen LogP) is -0.220. The Morgan fingerprint density at radius 2 is 1.94 bits per heavy atom. The van der Waals surface area contributed by atoms with Crippen LogP contribution in [-0.2, 0) is 4.74 Å². The molecule has 86 valence electrons. The van der Waals surface area contributed by atoms with E-state index >= 15 is 0 Å². The fourth-order valence-electron chi connectivity index (χ4n) is 1.90. The first kappa shape index (κ1) is 11.1. The van der Waals surface area contributed by atoms with Gasteiger partial charge in [-0.1, -0.05) is 35.5 Å². The van der Waals surface area contributed by atoms with Crippen molar-refractivity contribution < 1.29 is 14.8 Å². The van der Waals surface area contributed by atoms with Crippen molar-refractivity contribution in [3.63, 3.8) is 0 Å². The third-order valence-corrected chi connectivity index (χ3v) is 2.85. The Hall–Kier alpha value is -1.39. The Balaban J connectivity index is 2.01. The van der Waals surface area contributed by atoms with E-state index in [1.807, 2.05) is 30.3 Å². The van der Waals surface area contributed by atoms with Gasteiger partial charge in [0.05, 0.1) is 13.2 Å². The first-order chi connectivity index (χ1) is 7.90. The summed E-state index contributed by atoms with van der Waals surface area (Å²) in [4.78, 5) is 1.41. The number of hydrogen-bond donors (Lipinski definition) is 2. The fourth-order valence-corrected chi connectivity index (χ4v) is 1.90. The lowest BCUT2D eigenvalue weighted by molar-refractivity contribution is -0.899. The Bertz CT molecular complexity index is 345. The quantitative estimate of drug-likeness (QED) is 0.421. The molecule has 0 amide bonds. The van der Waals surface area contributed by atoms with Gasteiger partial charge < -0.3 is 14.8 Å². The number of benzene rings is 1. The van der Waals surface area contributed by atoms with Crippen LogP contribution in [0.25, 0.3) is 0 Å². The van der Waals surface area contributed by atoms with E-state index in [4.69, 9.17) is 9.94 Å². The second kappa shape index (κ2) is 5.63. The van der Waals surface area contributed by atoms with Crippen molar-refractivity contribution in [1.29, 1.82) is 0 Å². The highest BCUT2D eigenvalue weighted by atomic mass is 16.5. The third-order valence-electron chi connectivity index (χ3n) is 2.85. The van der Waals surface area contributed by atoms with Crippen LogP contribution in [0.15, 0.2) is 35.5 Å². The van der Waals surface area contributed by atoms with E-state index in [-0.39, 0.29) is 0 Å². The molecule has 4 nitrogen and oxygen atoms in total. The molecule has 0 aliphatic carbocycles. The van der Waals surface area contributed by atoms with E-state index in [2.05, 4.69) is 5.16 Å². The maximum Gasteiger partial charge on any atom is 0.141 e. The number of nitrogens with zero attached hydrogens (tertiary/aromatic N) is 1.